The molecule has 0 aliphatic rings. The van der Waals surface area contributed by atoms with E-state index in [0.717, 1.165) is 30.3 Å². The van der Waals surface area contributed by atoms with Crippen molar-refractivity contribution in [3.8, 4) is 0 Å². The summed E-state index contributed by atoms with van der Waals surface area (Å²) in [7, 11) is 0. The maximum atomic E-state index is 13.1. The first-order valence-electron chi connectivity index (χ1n) is 6.44. The summed E-state index contributed by atoms with van der Waals surface area (Å²) in [4.78, 5) is 15.4. The molecule has 0 atom stereocenters. The van der Waals surface area contributed by atoms with E-state index in [0.29, 0.717) is 6.07 Å². The van der Waals surface area contributed by atoms with Crippen LogP contribution in [0.1, 0.15) is 15.9 Å². The molecule has 0 saturated carbocycles. The average Bonchev–Trinajstić information content (AvgIpc) is 2.49. The highest BCUT2D eigenvalue weighted by molar-refractivity contribution is 6.05. The molecular formula is C15H10F5N3O. The number of benzene rings is 2. The van der Waals surface area contributed by atoms with Crippen LogP contribution in [-0.4, -0.2) is 11.9 Å². The number of hydrogen-bond donors (Lipinski definition) is 2. The number of nitrogens with two attached hydrogens (primary N) is 1. The highest BCUT2D eigenvalue weighted by Gasteiger charge is 2.30. The molecule has 4 nitrogen and oxygen atoms in total. The molecule has 2 rings (SSSR count). The molecule has 0 aliphatic heterocycles. The number of nitrogens with zero attached hydrogens (tertiary/aromatic N) is 1. The van der Waals surface area contributed by atoms with Gasteiger partial charge in [0.15, 0.2) is 11.6 Å². The quantitative estimate of drug-likeness (QED) is 0.499. The van der Waals surface area contributed by atoms with Crippen LogP contribution in [0.15, 0.2) is 47.5 Å². The Bertz CT molecular complexity index is 802. The van der Waals surface area contributed by atoms with Gasteiger partial charge in [0.1, 0.15) is 0 Å². The predicted octanol–water partition coefficient (Wildman–Crippen LogP) is 3.36. The van der Waals surface area contributed by atoms with Gasteiger partial charge in [0.05, 0.1) is 11.3 Å². The number of carbonyl (C=O) groups is 1. The van der Waals surface area contributed by atoms with Gasteiger partial charge < -0.3 is 5.73 Å². The highest BCUT2D eigenvalue weighted by Crippen LogP contribution is 2.31. The Morgan fingerprint density at radius 1 is 1.04 bits per heavy atom. The van der Waals surface area contributed by atoms with Crippen LogP contribution in [0.25, 0.3) is 0 Å². The van der Waals surface area contributed by atoms with Crippen molar-refractivity contribution in [1.29, 1.82) is 0 Å². The average molecular weight is 343 g/mol. The molecule has 3 N–H and O–H groups in total. The summed E-state index contributed by atoms with van der Waals surface area (Å²) in [5.41, 5.74) is 4.16. The molecule has 0 spiro atoms. The van der Waals surface area contributed by atoms with Crippen molar-refractivity contribution >= 4 is 17.6 Å². The van der Waals surface area contributed by atoms with Gasteiger partial charge in [0.2, 0.25) is 5.96 Å². The number of hydrogen-bond acceptors (Lipinski definition) is 2. The standard InChI is InChI=1S/C15H10F5N3O/c16-11-5-4-8(6-12(11)17)13(24)23-14(21)22-10-3-1-2-9(7-10)15(18,19)20/h1-7H,(H3,21,22,23,24). The topological polar surface area (TPSA) is 67.5 Å². The summed E-state index contributed by atoms with van der Waals surface area (Å²) in [5, 5.41) is 2.07. The van der Waals surface area contributed by atoms with Gasteiger partial charge in [0, 0.05) is 5.56 Å². The van der Waals surface area contributed by atoms with Crippen LogP contribution in [0.3, 0.4) is 0 Å². The van der Waals surface area contributed by atoms with Crippen molar-refractivity contribution in [2.24, 2.45) is 10.7 Å². The Morgan fingerprint density at radius 3 is 2.38 bits per heavy atom. The maximum absolute atomic E-state index is 13.1. The summed E-state index contributed by atoms with van der Waals surface area (Å²) in [5.74, 6) is -3.74. The SMILES string of the molecule is NC(=Nc1cccc(C(F)(F)F)c1)NC(=O)c1ccc(F)c(F)c1. The fourth-order valence-electron chi connectivity index (χ4n) is 1.74. The van der Waals surface area contributed by atoms with Crippen LogP contribution in [-0.2, 0) is 6.18 Å². The van der Waals surface area contributed by atoms with Gasteiger partial charge in [-0.3, -0.25) is 10.1 Å². The second-order valence-electron chi connectivity index (χ2n) is 4.63. The van der Waals surface area contributed by atoms with E-state index in [1.165, 1.54) is 6.07 Å². The molecule has 0 saturated heterocycles. The zero-order valence-electron chi connectivity index (χ0n) is 11.9. The molecule has 0 unspecified atom stereocenters. The zero-order valence-corrected chi connectivity index (χ0v) is 11.9. The normalized spacial score (nSPS) is 12.1. The summed E-state index contributed by atoms with van der Waals surface area (Å²) in [6.45, 7) is 0. The van der Waals surface area contributed by atoms with E-state index in [1.54, 1.807) is 0 Å². The van der Waals surface area contributed by atoms with Gasteiger partial charge in [-0.25, -0.2) is 13.8 Å². The summed E-state index contributed by atoms with van der Waals surface area (Å²) < 4.78 is 63.6. The summed E-state index contributed by atoms with van der Waals surface area (Å²) in [6.07, 6.45) is -4.55. The number of aliphatic imine (C=N–C) groups is 1. The Labute approximate surface area is 132 Å². The third kappa shape index (κ3) is 4.28. The third-order valence-corrected chi connectivity index (χ3v) is 2.85. The Kier molecular flexibility index (Phi) is 4.82. The van der Waals surface area contributed by atoms with Gasteiger partial charge in [0.25, 0.3) is 5.91 Å². The van der Waals surface area contributed by atoms with Crippen molar-refractivity contribution in [2.75, 3.05) is 0 Å². The molecule has 126 valence electrons. The first-order chi connectivity index (χ1) is 11.2. The number of nitrogens with one attached hydrogen (secondary N) is 1. The molecule has 0 bridgehead atoms. The lowest BCUT2D eigenvalue weighted by Gasteiger charge is -2.08. The molecular weight excluding hydrogens is 333 g/mol. The van der Waals surface area contributed by atoms with Gasteiger partial charge in [-0.2, -0.15) is 13.2 Å². The molecule has 0 aliphatic carbocycles. The van der Waals surface area contributed by atoms with Crippen LogP contribution in [0.4, 0.5) is 27.6 Å². The molecule has 1 amide bonds. The van der Waals surface area contributed by atoms with E-state index in [-0.39, 0.29) is 11.3 Å². The molecule has 2 aromatic carbocycles. The monoisotopic (exact) mass is 343 g/mol. The van der Waals surface area contributed by atoms with Crippen molar-refractivity contribution in [1.82, 2.24) is 5.32 Å². The Balaban J connectivity index is 2.16. The van der Waals surface area contributed by atoms with Crippen LogP contribution >= 0.6 is 0 Å². The van der Waals surface area contributed by atoms with E-state index >= 15 is 0 Å². The number of halogens is 5. The lowest BCUT2D eigenvalue weighted by Crippen LogP contribution is -2.36. The van der Waals surface area contributed by atoms with Gasteiger partial charge >= 0.3 is 6.18 Å². The second-order valence-corrected chi connectivity index (χ2v) is 4.63. The van der Waals surface area contributed by atoms with Crippen molar-refractivity contribution < 1.29 is 26.7 Å². The second kappa shape index (κ2) is 6.65. The molecule has 0 radical (unpaired) electrons. The fraction of sp³-hybridized carbons (Fsp3) is 0.0667. The van der Waals surface area contributed by atoms with Crippen molar-refractivity contribution in [3.63, 3.8) is 0 Å². The van der Waals surface area contributed by atoms with Gasteiger partial charge in [-0.15, -0.1) is 0 Å². The van der Waals surface area contributed by atoms with Crippen LogP contribution < -0.4 is 11.1 Å². The lowest BCUT2D eigenvalue weighted by atomic mass is 10.2. The number of guanidine groups is 1. The Hall–Kier alpha value is -2.97. The molecule has 9 heteroatoms. The summed E-state index contributed by atoms with van der Waals surface area (Å²) in [6, 6.07) is 6.42. The first-order valence-corrected chi connectivity index (χ1v) is 6.44. The first kappa shape index (κ1) is 17.4. The Morgan fingerprint density at radius 2 is 1.75 bits per heavy atom. The van der Waals surface area contributed by atoms with Crippen LogP contribution in [0.2, 0.25) is 0 Å². The van der Waals surface area contributed by atoms with E-state index in [4.69, 9.17) is 5.73 Å². The summed E-state index contributed by atoms with van der Waals surface area (Å²) >= 11 is 0. The largest absolute Gasteiger partial charge is 0.416 e. The van der Waals surface area contributed by atoms with Gasteiger partial charge in [-0.1, -0.05) is 6.07 Å². The fourth-order valence-corrected chi connectivity index (χ4v) is 1.74. The molecule has 2 aromatic rings. The van der Waals surface area contributed by atoms with Crippen LogP contribution in [0.5, 0.6) is 0 Å². The molecule has 0 aromatic heterocycles. The number of alkyl halides is 3. The molecule has 0 heterocycles. The third-order valence-electron chi connectivity index (χ3n) is 2.85. The molecule has 0 fully saturated rings. The highest BCUT2D eigenvalue weighted by atomic mass is 19.4. The lowest BCUT2D eigenvalue weighted by molar-refractivity contribution is -0.137. The number of carbonyl (C=O) groups excluding carboxylic acids is 1. The molecule has 24 heavy (non-hydrogen) atoms. The minimum absolute atomic E-state index is 0.132. The number of amides is 1. The van der Waals surface area contributed by atoms with Crippen molar-refractivity contribution in [3.05, 3.63) is 65.2 Å². The van der Waals surface area contributed by atoms with Crippen molar-refractivity contribution in [2.45, 2.75) is 6.18 Å². The predicted molar refractivity (Wildman–Crippen MR) is 76.6 cm³/mol. The van der Waals surface area contributed by atoms with E-state index in [1.807, 2.05) is 0 Å². The zero-order chi connectivity index (χ0) is 17.9. The van der Waals surface area contributed by atoms with E-state index in [2.05, 4.69) is 10.3 Å². The van der Waals surface area contributed by atoms with E-state index < -0.39 is 35.2 Å². The maximum Gasteiger partial charge on any atom is 0.416 e. The minimum Gasteiger partial charge on any atom is -0.369 e. The van der Waals surface area contributed by atoms with Gasteiger partial charge in [-0.05, 0) is 36.4 Å². The van der Waals surface area contributed by atoms with Crippen LogP contribution in [0, 0.1) is 11.6 Å². The van der Waals surface area contributed by atoms with E-state index in [9.17, 15) is 26.7 Å². The minimum atomic E-state index is -4.55. The smallest absolute Gasteiger partial charge is 0.369 e. The number of rotatable bonds is 2.